The Morgan fingerprint density at radius 1 is 1.40 bits per heavy atom. The maximum absolute atomic E-state index is 10.9. The Kier molecular flexibility index (Phi) is 4.46. The van der Waals surface area contributed by atoms with Crippen LogP contribution >= 0.6 is 15.9 Å². The highest BCUT2D eigenvalue weighted by molar-refractivity contribution is 9.10. The molecule has 2 rings (SSSR count). The number of nitrogens with one attached hydrogen (secondary N) is 1. The zero-order valence-corrected chi connectivity index (χ0v) is 12.1. The van der Waals surface area contributed by atoms with Crippen molar-refractivity contribution in [3.8, 4) is 11.6 Å². The van der Waals surface area contributed by atoms with Crippen molar-refractivity contribution in [1.82, 2.24) is 9.97 Å². The van der Waals surface area contributed by atoms with Crippen molar-refractivity contribution in [2.75, 3.05) is 11.9 Å². The van der Waals surface area contributed by atoms with Crippen molar-refractivity contribution in [3.63, 3.8) is 0 Å². The van der Waals surface area contributed by atoms with Gasteiger partial charge < -0.3 is 10.1 Å². The van der Waals surface area contributed by atoms with Crippen molar-refractivity contribution in [1.29, 1.82) is 0 Å². The van der Waals surface area contributed by atoms with Gasteiger partial charge >= 0.3 is 5.69 Å². The van der Waals surface area contributed by atoms with Crippen LogP contribution in [-0.2, 0) is 0 Å². The monoisotopic (exact) mass is 338 g/mol. The summed E-state index contributed by atoms with van der Waals surface area (Å²) in [7, 11) is 0. The third-order valence-corrected chi connectivity index (χ3v) is 3.09. The SMILES string of the molecule is CCNc1ncnc(Oc2ccccc2[N+](=O)[O-])c1Br. The van der Waals surface area contributed by atoms with Crippen LogP contribution in [0.5, 0.6) is 11.6 Å². The van der Waals surface area contributed by atoms with Gasteiger partial charge in [-0.2, -0.15) is 0 Å². The molecule has 0 saturated heterocycles. The van der Waals surface area contributed by atoms with Crippen LogP contribution in [0.25, 0.3) is 0 Å². The van der Waals surface area contributed by atoms with Gasteiger partial charge in [0.1, 0.15) is 16.6 Å². The number of anilines is 1. The maximum atomic E-state index is 10.9. The van der Waals surface area contributed by atoms with E-state index in [1.807, 2.05) is 6.92 Å². The molecule has 0 radical (unpaired) electrons. The molecule has 0 aliphatic carbocycles. The lowest BCUT2D eigenvalue weighted by molar-refractivity contribution is -0.385. The Morgan fingerprint density at radius 2 is 2.15 bits per heavy atom. The van der Waals surface area contributed by atoms with Gasteiger partial charge in [0.05, 0.1) is 4.92 Å². The molecule has 2 aromatic rings. The van der Waals surface area contributed by atoms with E-state index in [0.717, 1.165) is 0 Å². The van der Waals surface area contributed by atoms with E-state index in [1.54, 1.807) is 12.1 Å². The average Bonchev–Trinajstić information content (AvgIpc) is 2.44. The predicted molar refractivity (Wildman–Crippen MR) is 77.1 cm³/mol. The van der Waals surface area contributed by atoms with Crippen LogP contribution in [0.1, 0.15) is 6.92 Å². The van der Waals surface area contributed by atoms with Crippen LogP contribution in [0.3, 0.4) is 0 Å². The molecule has 20 heavy (non-hydrogen) atoms. The maximum Gasteiger partial charge on any atom is 0.311 e. The zero-order valence-electron chi connectivity index (χ0n) is 10.5. The Morgan fingerprint density at radius 3 is 2.85 bits per heavy atom. The van der Waals surface area contributed by atoms with Gasteiger partial charge in [-0.25, -0.2) is 9.97 Å². The number of nitro groups is 1. The number of hydrogen-bond acceptors (Lipinski definition) is 6. The molecule has 1 heterocycles. The molecule has 1 N–H and O–H groups in total. The number of halogens is 1. The smallest absolute Gasteiger partial charge is 0.311 e. The van der Waals surface area contributed by atoms with Gasteiger partial charge in [0, 0.05) is 12.6 Å². The normalized spacial score (nSPS) is 10.1. The number of ether oxygens (including phenoxy) is 1. The number of aromatic nitrogens is 2. The molecule has 0 amide bonds. The zero-order chi connectivity index (χ0) is 14.5. The fourth-order valence-electron chi connectivity index (χ4n) is 1.51. The molecule has 0 unspecified atom stereocenters. The first kappa shape index (κ1) is 14.2. The first-order chi connectivity index (χ1) is 9.63. The second-order valence-electron chi connectivity index (χ2n) is 3.70. The van der Waals surface area contributed by atoms with E-state index in [4.69, 9.17) is 4.74 Å². The summed E-state index contributed by atoms with van der Waals surface area (Å²) in [5, 5.41) is 14.0. The Bertz CT molecular complexity index is 636. The number of nitro benzene ring substituents is 1. The van der Waals surface area contributed by atoms with E-state index in [9.17, 15) is 10.1 Å². The summed E-state index contributed by atoms with van der Waals surface area (Å²) in [5.41, 5.74) is -0.122. The summed E-state index contributed by atoms with van der Waals surface area (Å²) in [4.78, 5) is 18.4. The Labute approximate surface area is 123 Å². The predicted octanol–water partition coefficient (Wildman–Crippen LogP) is 3.37. The van der Waals surface area contributed by atoms with Crippen LogP contribution < -0.4 is 10.1 Å². The van der Waals surface area contributed by atoms with Gasteiger partial charge in [-0.05, 0) is 28.9 Å². The van der Waals surface area contributed by atoms with E-state index in [0.29, 0.717) is 16.8 Å². The first-order valence-corrected chi connectivity index (χ1v) is 6.58. The van der Waals surface area contributed by atoms with Crippen molar-refractivity contribution in [2.24, 2.45) is 0 Å². The minimum Gasteiger partial charge on any atom is -0.430 e. The number of rotatable bonds is 5. The first-order valence-electron chi connectivity index (χ1n) is 5.79. The minimum atomic E-state index is -0.504. The fraction of sp³-hybridized carbons (Fsp3) is 0.167. The summed E-state index contributed by atoms with van der Waals surface area (Å²) < 4.78 is 6.02. The Balaban J connectivity index is 2.36. The van der Waals surface area contributed by atoms with E-state index in [1.165, 1.54) is 18.5 Å². The Hall–Kier alpha value is -2.22. The molecule has 0 atom stereocenters. The van der Waals surface area contributed by atoms with Crippen LogP contribution in [0, 0.1) is 10.1 Å². The van der Waals surface area contributed by atoms with Crippen LogP contribution in [0.4, 0.5) is 11.5 Å². The molecule has 8 heteroatoms. The summed E-state index contributed by atoms with van der Waals surface area (Å²) >= 11 is 3.32. The summed E-state index contributed by atoms with van der Waals surface area (Å²) in [5.74, 6) is 0.903. The molecule has 1 aromatic heterocycles. The molecule has 1 aromatic carbocycles. The minimum absolute atomic E-state index is 0.122. The van der Waals surface area contributed by atoms with Crippen LogP contribution in [0.15, 0.2) is 35.1 Å². The molecule has 0 aliphatic heterocycles. The van der Waals surface area contributed by atoms with Gasteiger partial charge in [0.15, 0.2) is 0 Å². The number of nitrogens with zero attached hydrogens (tertiary/aromatic N) is 3. The molecular weight excluding hydrogens is 328 g/mol. The molecule has 104 valence electrons. The van der Waals surface area contributed by atoms with E-state index in [2.05, 4.69) is 31.2 Å². The largest absolute Gasteiger partial charge is 0.430 e. The highest BCUT2D eigenvalue weighted by Gasteiger charge is 2.17. The number of hydrogen-bond donors (Lipinski definition) is 1. The van der Waals surface area contributed by atoms with E-state index in [-0.39, 0.29) is 17.3 Å². The van der Waals surface area contributed by atoms with Crippen molar-refractivity contribution in [3.05, 3.63) is 45.2 Å². The highest BCUT2D eigenvalue weighted by atomic mass is 79.9. The lowest BCUT2D eigenvalue weighted by Crippen LogP contribution is -2.02. The highest BCUT2D eigenvalue weighted by Crippen LogP contribution is 2.35. The van der Waals surface area contributed by atoms with Gasteiger partial charge in [0.25, 0.3) is 0 Å². The summed E-state index contributed by atoms with van der Waals surface area (Å²) in [6, 6.07) is 6.11. The fourth-order valence-corrected chi connectivity index (χ4v) is 1.94. The number of benzene rings is 1. The lowest BCUT2D eigenvalue weighted by Gasteiger charge is -2.09. The van der Waals surface area contributed by atoms with Crippen molar-refractivity contribution >= 4 is 27.4 Å². The van der Waals surface area contributed by atoms with E-state index >= 15 is 0 Å². The summed E-state index contributed by atoms with van der Waals surface area (Å²) in [6.45, 7) is 2.61. The van der Waals surface area contributed by atoms with Gasteiger partial charge in [-0.1, -0.05) is 12.1 Å². The van der Waals surface area contributed by atoms with Crippen molar-refractivity contribution < 1.29 is 9.66 Å². The second kappa shape index (κ2) is 6.29. The summed E-state index contributed by atoms with van der Waals surface area (Å²) in [6.07, 6.45) is 1.33. The molecule has 0 aliphatic rings. The lowest BCUT2D eigenvalue weighted by atomic mass is 10.3. The van der Waals surface area contributed by atoms with Crippen LogP contribution in [0.2, 0.25) is 0 Å². The van der Waals surface area contributed by atoms with Gasteiger partial charge in [-0.3, -0.25) is 10.1 Å². The molecule has 0 spiro atoms. The third kappa shape index (κ3) is 3.02. The van der Waals surface area contributed by atoms with Gasteiger partial charge in [-0.15, -0.1) is 0 Å². The quantitative estimate of drug-likeness (QED) is 0.663. The standard InChI is InChI=1S/C12H11BrN4O3/c1-2-14-11-10(13)12(16-7-15-11)20-9-6-4-3-5-8(9)17(18)19/h3-7H,2H2,1H3,(H,14,15,16). The topological polar surface area (TPSA) is 90.2 Å². The molecule has 0 fully saturated rings. The second-order valence-corrected chi connectivity index (χ2v) is 4.49. The molecule has 0 saturated carbocycles. The molecule has 0 bridgehead atoms. The van der Waals surface area contributed by atoms with Crippen molar-refractivity contribution in [2.45, 2.75) is 6.92 Å². The van der Waals surface area contributed by atoms with Gasteiger partial charge in [0.2, 0.25) is 11.6 Å². The molecular formula is C12H11BrN4O3. The van der Waals surface area contributed by atoms with Crippen LogP contribution in [-0.4, -0.2) is 21.4 Å². The average molecular weight is 339 g/mol. The number of para-hydroxylation sites is 2. The van der Waals surface area contributed by atoms with E-state index < -0.39 is 4.92 Å². The molecule has 7 nitrogen and oxygen atoms in total. The third-order valence-electron chi connectivity index (χ3n) is 2.37.